The van der Waals surface area contributed by atoms with Gasteiger partial charge in [0.05, 0.1) is 18.8 Å². The molecule has 1 aromatic heterocycles. The molecule has 2 fully saturated rings. The number of rotatable bonds is 12. The van der Waals surface area contributed by atoms with Gasteiger partial charge in [0.15, 0.2) is 0 Å². The van der Waals surface area contributed by atoms with Crippen LogP contribution in [0.3, 0.4) is 0 Å². The van der Waals surface area contributed by atoms with Crippen molar-refractivity contribution in [2.24, 2.45) is 0 Å². The van der Waals surface area contributed by atoms with Crippen LogP contribution < -0.4 is 15.2 Å². The molecule has 2 aliphatic rings. The fraction of sp³-hybridized carbons (Fsp3) is 0.343. The van der Waals surface area contributed by atoms with E-state index in [0.717, 1.165) is 42.5 Å². The second-order valence-corrected chi connectivity index (χ2v) is 13.7. The topological polar surface area (TPSA) is 185 Å². The standard InChI is InChI=1S/C35H39N6O8P/c42-33(31(37-35(44)48-23-25-8-3-1-4-9-25)20-24-14-18-29(19-15-24)49-50(45,46)47)36-30-13-7-12-27-16-17-28(41(27)34(30)43)21-40-22-32(38-39-40)26-10-5-2-6-11-26/h1-6,8-11,14-15,18-19,22,27-28,30-31H,7,12-13,16-17,20-21,23H2,(H,36,42)(H,37,44)(H2,45,46,47)/t27?,28-,30-,31-/m0/s1. The van der Waals surface area contributed by atoms with Gasteiger partial charge in [0.2, 0.25) is 11.8 Å². The molecule has 15 heteroatoms. The van der Waals surface area contributed by atoms with Crippen molar-refractivity contribution in [3.8, 4) is 17.0 Å². The number of alkyl carbamates (subject to hydrolysis) is 1. The molecule has 0 bridgehead atoms. The Morgan fingerprint density at radius 3 is 2.36 bits per heavy atom. The summed E-state index contributed by atoms with van der Waals surface area (Å²) in [6, 6.07) is 22.6. The molecular formula is C35H39N6O8P. The lowest BCUT2D eigenvalue weighted by atomic mass is 10.0. The quantitative estimate of drug-likeness (QED) is 0.158. The number of carbonyl (C=O) groups is 3. The van der Waals surface area contributed by atoms with Gasteiger partial charge in [0.25, 0.3) is 0 Å². The van der Waals surface area contributed by atoms with E-state index < -0.39 is 31.9 Å². The lowest BCUT2D eigenvalue weighted by Gasteiger charge is -2.31. The Morgan fingerprint density at radius 2 is 1.64 bits per heavy atom. The number of carbonyl (C=O) groups excluding carboxylic acids is 3. The number of hydrogen-bond donors (Lipinski definition) is 4. The van der Waals surface area contributed by atoms with Crippen LogP contribution in [0.15, 0.2) is 91.1 Å². The fourth-order valence-electron chi connectivity index (χ4n) is 6.57. The van der Waals surface area contributed by atoms with Crippen LogP contribution in [-0.2, 0) is 38.5 Å². The number of nitrogens with zero attached hydrogens (tertiary/aromatic N) is 4. The van der Waals surface area contributed by atoms with Gasteiger partial charge in [-0.3, -0.25) is 19.4 Å². The van der Waals surface area contributed by atoms with Crippen LogP contribution in [0.2, 0.25) is 0 Å². The summed E-state index contributed by atoms with van der Waals surface area (Å²) < 4.78 is 23.0. The molecule has 3 amide bonds. The number of hydrogen-bond acceptors (Lipinski definition) is 8. The van der Waals surface area contributed by atoms with E-state index in [0.29, 0.717) is 18.5 Å². The van der Waals surface area contributed by atoms with Gasteiger partial charge in [-0.1, -0.05) is 78.0 Å². The van der Waals surface area contributed by atoms with Crippen LogP contribution in [0.5, 0.6) is 5.75 Å². The predicted molar refractivity (Wildman–Crippen MR) is 181 cm³/mol. The molecule has 14 nitrogen and oxygen atoms in total. The van der Waals surface area contributed by atoms with E-state index in [1.807, 2.05) is 59.6 Å². The molecule has 262 valence electrons. The van der Waals surface area contributed by atoms with Gasteiger partial charge in [0.1, 0.15) is 30.1 Å². The number of fused-ring (bicyclic) bond motifs is 1. The minimum absolute atomic E-state index is 0.00706. The number of phosphoric acid groups is 1. The molecule has 4 aromatic rings. The third kappa shape index (κ3) is 9.14. The van der Waals surface area contributed by atoms with Crippen molar-refractivity contribution < 1.29 is 38.0 Å². The van der Waals surface area contributed by atoms with E-state index in [-0.39, 0.29) is 36.8 Å². The molecule has 1 unspecified atom stereocenters. The first kappa shape index (κ1) is 34.8. The minimum Gasteiger partial charge on any atom is -0.445 e. The van der Waals surface area contributed by atoms with Crippen LogP contribution in [0.4, 0.5) is 4.79 Å². The highest BCUT2D eigenvalue weighted by molar-refractivity contribution is 7.46. The van der Waals surface area contributed by atoms with Crippen LogP contribution >= 0.6 is 7.82 Å². The molecule has 50 heavy (non-hydrogen) atoms. The molecule has 2 aliphatic heterocycles. The van der Waals surface area contributed by atoms with Gasteiger partial charge in [-0.15, -0.1) is 5.10 Å². The number of phosphoric ester groups is 1. The first-order valence-corrected chi connectivity index (χ1v) is 18.0. The van der Waals surface area contributed by atoms with Crippen molar-refractivity contribution in [1.29, 1.82) is 0 Å². The van der Waals surface area contributed by atoms with Gasteiger partial charge in [-0.05, 0) is 55.4 Å². The highest BCUT2D eigenvalue weighted by Crippen LogP contribution is 2.37. The fourth-order valence-corrected chi connectivity index (χ4v) is 6.97. The van der Waals surface area contributed by atoms with E-state index in [9.17, 15) is 18.9 Å². The molecule has 4 N–H and O–H groups in total. The van der Waals surface area contributed by atoms with Crippen molar-refractivity contribution in [1.82, 2.24) is 30.5 Å². The Balaban J connectivity index is 1.14. The maximum absolute atomic E-state index is 14.1. The molecule has 0 radical (unpaired) electrons. The zero-order valence-corrected chi connectivity index (χ0v) is 28.1. The Kier molecular flexibility index (Phi) is 10.9. The van der Waals surface area contributed by atoms with Gasteiger partial charge in [0, 0.05) is 18.0 Å². The summed E-state index contributed by atoms with van der Waals surface area (Å²) in [7, 11) is -4.75. The average Bonchev–Trinajstić information content (AvgIpc) is 3.71. The molecule has 3 aromatic carbocycles. The molecule has 0 saturated carbocycles. The maximum atomic E-state index is 14.1. The SMILES string of the molecule is O=C(N[C@@H](Cc1ccc(OP(=O)(O)O)cc1)C(=O)N[C@H]1CCCC2CC[C@@H](Cn3cc(-c4ccccc4)nn3)N2C1=O)OCc1ccccc1. The van der Waals surface area contributed by atoms with Crippen molar-refractivity contribution in [3.05, 3.63) is 102 Å². The lowest BCUT2D eigenvalue weighted by molar-refractivity contribution is -0.138. The minimum atomic E-state index is -4.75. The summed E-state index contributed by atoms with van der Waals surface area (Å²) in [6.07, 6.45) is 4.74. The second-order valence-electron chi connectivity index (χ2n) is 12.5. The highest BCUT2D eigenvalue weighted by Gasteiger charge is 2.42. The second kappa shape index (κ2) is 15.7. The van der Waals surface area contributed by atoms with Crippen LogP contribution in [0.1, 0.15) is 43.2 Å². The van der Waals surface area contributed by atoms with Crippen molar-refractivity contribution >= 4 is 25.7 Å². The van der Waals surface area contributed by atoms with E-state index in [4.69, 9.17) is 14.5 Å². The summed E-state index contributed by atoms with van der Waals surface area (Å²) >= 11 is 0. The van der Waals surface area contributed by atoms with Crippen molar-refractivity contribution in [2.75, 3.05) is 0 Å². The summed E-state index contributed by atoms with van der Waals surface area (Å²) in [4.78, 5) is 60.9. The first-order valence-electron chi connectivity index (χ1n) is 16.5. The Labute approximate surface area is 289 Å². The molecular weight excluding hydrogens is 663 g/mol. The van der Waals surface area contributed by atoms with Gasteiger partial charge < -0.3 is 24.8 Å². The third-order valence-electron chi connectivity index (χ3n) is 8.93. The van der Waals surface area contributed by atoms with Crippen molar-refractivity contribution in [3.63, 3.8) is 0 Å². The van der Waals surface area contributed by atoms with E-state index >= 15 is 0 Å². The van der Waals surface area contributed by atoms with Crippen LogP contribution in [-0.4, -0.2) is 71.8 Å². The van der Waals surface area contributed by atoms with E-state index in [1.165, 1.54) is 24.3 Å². The monoisotopic (exact) mass is 702 g/mol. The number of amides is 3. The third-order valence-corrected chi connectivity index (χ3v) is 9.38. The molecule has 6 rings (SSSR count). The van der Waals surface area contributed by atoms with Gasteiger partial charge >= 0.3 is 13.9 Å². The van der Waals surface area contributed by atoms with Gasteiger partial charge in [-0.25, -0.2) is 14.0 Å². The Hall–Kier alpha value is -5.04. The molecule has 0 spiro atoms. The summed E-state index contributed by atoms with van der Waals surface area (Å²) in [6.45, 7) is 0.467. The Bertz CT molecular complexity index is 1820. The highest BCUT2D eigenvalue weighted by atomic mass is 31.2. The summed E-state index contributed by atoms with van der Waals surface area (Å²) in [5.41, 5.74) is 3.04. The molecule has 2 saturated heterocycles. The smallest absolute Gasteiger partial charge is 0.445 e. The van der Waals surface area contributed by atoms with Crippen LogP contribution in [0, 0.1) is 0 Å². The molecule has 0 aliphatic carbocycles. The van der Waals surface area contributed by atoms with E-state index in [2.05, 4.69) is 25.5 Å². The van der Waals surface area contributed by atoms with Gasteiger partial charge in [-0.2, -0.15) is 0 Å². The first-order chi connectivity index (χ1) is 24.1. The molecule has 4 atom stereocenters. The zero-order chi connectivity index (χ0) is 35.1. The average molecular weight is 703 g/mol. The van der Waals surface area contributed by atoms with E-state index in [1.54, 1.807) is 16.8 Å². The lowest BCUT2D eigenvalue weighted by Crippen LogP contribution is -2.56. The summed E-state index contributed by atoms with van der Waals surface area (Å²) in [5.74, 6) is -0.788. The number of benzene rings is 3. The van der Waals surface area contributed by atoms with Crippen LogP contribution in [0.25, 0.3) is 11.3 Å². The zero-order valence-electron chi connectivity index (χ0n) is 27.2. The predicted octanol–water partition coefficient (Wildman–Crippen LogP) is 3.98. The number of ether oxygens (including phenoxy) is 1. The Morgan fingerprint density at radius 1 is 0.920 bits per heavy atom. The normalized spacial score (nSPS) is 19.6. The maximum Gasteiger partial charge on any atom is 0.524 e. The molecule has 3 heterocycles. The largest absolute Gasteiger partial charge is 0.524 e. The summed E-state index contributed by atoms with van der Waals surface area (Å²) in [5, 5.41) is 14.2. The number of aromatic nitrogens is 3. The van der Waals surface area contributed by atoms with Crippen molar-refractivity contribution in [2.45, 2.75) is 75.8 Å². The number of nitrogens with one attached hydrogen (secondary N) is 2.